The predicted molar refractivity (Wildman–Crippen MR) is 140 cm³/mol. The van der Waals surface area contributed by atoms with Crippen molar-refractivity contribution in [2.24, 2.45) is 4.99 Å². The number of piperazine rings is 1. The van der Waals surface area contributed by atoms with Crippen LogP contribution in [0.3, 0.4) is 0 Å². The topological polar surface area (TPSA) is 72.0 Å². The molecule has 0 unspecified atom stereocenters. The van der Waals surface area contributed by atoms with Crippen LogP contribution in [-0.4, -0.2) is 80.1 Å². The van der Waals surface area contributed by atoms with Gasteiger partial charge in [-0.05, 0) is 45.7 Å². The Balaban J connectivity index is 0.00000480. The van der Waals surface area contributed by atoms with Crippen LogP contribution in [0.25, 0.3) is 0 Å². The number of nitrogens with zero attached hydrogens (tertiary/aromatic N) is 3. The largest absolute Gasteiger partial charge is 0.356 e. The first kappa shape index (κ1) is 27.6. The van der Waals surface area contributed by atoms with E-state index in [-0.39, 0.29) is 42.0 Å². The minimum absolute atomic E-state index is 0. The number of guanidine groups is 1. The van der Waals surface area contributed by atoms with Gasteiger partial charge in [0.2, 0.25) is 5.91 Å². The van der Waals surface area contributed by atoms with Gasteiger partial charge >= 0.3 is 0 Å². The number of nitrogens with one attached hydrogen (secondary N) is 3. The van der Waals surface area contributed by atoms with Crippen molar-refractivity contribution in [3.05, 3.63) is 35.9 Å². The Morgan fingerprint density at radius 1 is 1.00 bits per heavy atom. The second-order valence-electron chi connectivity index (χ2n) is 8.96. The molecule has 0 atom stereocenters. The monoisotopic (exact) mass is 544 g/mol. The van der Waals surface area contributed by atoms with Gasteiger partial charge in [-0.15, -0.1) is 24.0 Å². The van der Waals surface area contributed by atoms with E-state index in [1.165, 1.54) is 5.56 Å². The zero-order valence-corrected chi connectivity index (χ0v) is 21.9. The number of benzene rings is 1. The van der Waals surface area contributed by atoms with Crippen molar-refractivity contribution in [3.8, 4) is 0 Å². The summed E-state index contributed by atoms with van der Waals surface area (Å²) in [5, 5.41) is 9.29. The van der Waals surface area contributed by atoms with E-state index < -0.39 is 0 Å². The van der Waals surface area contributed by atoms with Crippen LogP contribution >= 0.6 is 24.0 Å². The third kappa shape index (κ3) is 12.3. The van der Waals surface area contributed by atoms with Crippen LogP contribution in [0.5, 0.6) is 0 Å². The smallest absolute Gasteiger partial charge is 0.239 e. The van der Waals surface area contributed by atoms with E-state index in [0.717, 1.165) is 58.7 Å². The maximum atomic E-state index is 11.9. The number of unbranched alkanes of at least 4 members (excludes halogenated alkanes) is 1. The molecular weight excluding hydrogens is 503 g/mol. The van der Waals surface area contributed by atoms with E-state index in [2.05, 4.69) is 61.1 Å². The minimum Gasteiger partial charge on any atom is -0.356 e. The van der Waals surface area contributed by atoms with Crippen molar-refractivity contribution in [2.45, 2.75) is 45.7 Å². The number of aliphatic imine (C=N–C) groups is 1. The zero-order chi connectivity index (χ0) is 21.8. The molecule has 1 aromatic rings. The Kier molecular flexibility index (Phi) is 13.0. The van der Waals surface area contributed by atoms with E-state index in [1.54, 1.807) is 7.05 Å². The fourth-order valence-corrected chi connectivity index (χ4v) is 3.53. The Morgan fingerprint density at radius 3 is 2.26 bits per heavy atom. The number of hydrogen-bond acceptors (Lipinski definition) is 4. The van der Waals surface area contributed by atoms with Crippen molar-refractivity contribution in [1.82, 2.24) is 25.8 Å². The van der Waals surface area contributed by atoms with Gasteiger partial charge in [0.1, 0.15) is 0 Å². The third-order valence-electron chi connectivity index (χ3n) is 5.06. The minimum atomic E-state index is -0.220. The third-order valence-corrected chi connectivity index (χ3v) is 5.06. The van der Waals surface area contributed by atoms with Gasteiger partial charge in [0.05, 0.1) is 6.54 Å². The maximum Gasteiger partial charge on any atom is 0.239 e. The van der Waals surface area contributed by atoms with Gasteiger partial charge in [-0.2, -0.15) is 0 Å². The molecule has 7 nitrogen and oxygen atoms in total. The summed E-state index contributed by atoms with van der Waals surface area (Å²) in [6.45, 7) is 13.8. The van der Waals surface area contributed by atoms with Crippen LogP contribution in [0.15, 0.2) is 35.3 Å². The Morgan fingerprint density at radius 2 is 1.65 bits per heavy atom. The molecule has 0 saturated carbocycles. The number of amides is 1. The fourth-order valence-electron chi connectivity index (χ4n) is 3.53. The summed E-state index contributed by atoms with van der Waals surface area (Å²) in [7, 11) is 1.73. The lowest BCUT2D eigenvalue weighted by molar-refractivity contribution is -0.121. The molecule has 8 heteroatoms. The lowest BCUT2D eigenvalue weighted by Crippen LogP contribution is -2.48. The summed E-state index contributed by atoms with van der Waals surface area (Å²) < 4.78 is 0. The van der Waals surface area contributed by atoms with Gasteiger partial charge in [-0.1, -0.05) is 30.3 Å². The number of hydrogen-bond donors (Lipinski definition) is 3. The molecule has 1 aliphatic heterocycles. The molecule has 31 heavy (non-hydrogen) atoms. The van der Waals surface area contributed by atoms with E-state index >= 15 is 0 Å². The highest BCUT2D eigenvalue weighted by molar-refractivity contribution is 14.0. The van der Waals surface area contributed by atoms with Gasteiger partial charge in [0.25, 0.3) is 0 Å². The molecule has 0 spiro atoms. The standard InChI is InChI=1S/C23H40N6O.HI/c1-23(2,3)27-21(30)18-26-22(24-4)25-12-8-9-13-28-14-16-29(17-15-28)19-20-10-6-5-7-11-20;/h5-7,10-11H,8-9,12-19H2,1-4H3,(H,27,30)(H2,24,25,26);1H. The first-order valence-corrected chi connectivity index (χ1v) is 11.1. The highest BCUT2D eigenvalue weighted by atomic mass is 127. The predicted octanol–water partition coefficient (Wildman–Crippen LogP) is 2.28. The molecule has 2 rings (SSSR count). The SMILES string of the molecule is CN=C(NCCCCN1CCN(Cc2ccccc2)CC1)NCC(=O)NC(C)(C)C.I. The normalized spacial score (nSPS) is 15.8. The van der Waals surface area contributed by atoms with Gasteiger partial charge in [0, 0.05) is 51.9 Å². The van der Waals surface area contributed by atoms with Crippen molar-refractivity contribution >= 4 is 35.8 Å². The van der Waals surface area contributed by atoms with Crippen LogP contribution in [0.2, 0.25) is 0 Å². The first-order valence-electron chi connectivity index (χ1n) is 11.1. The van der Waals surface area contributed by atoms with Crippen molar-refractivity contribution in [3.63, 3.8) is 0 Å². The van der Waals surface area contributed by atoms with Gasteiger partial charge in [0.15, 0.2) is 5.96 Å². The van der Waals surface area contributed by atoms with Crippen LogP contribution < -0.4 is 16.0 Å². The lowest BCUT2D eigenvalue weighted by Gasteiger charge is -2.34. The molecule has 1 amide bonds. The number of halogens is 1. The highest BCUT2D eigenvalue weighted by Crippen LogP contribution is 2.09. The van der Waals surface area contributed by atoms with Crippen molar-refractivity contribution < 1.29 is 4.79 Å². The Hall–Kier alpha value is -1.39. The molecule has 1 saturated heterocycles. The molecule has 0 aliphatic carbocycles. The number of carbonyl (C=O) groups excluding carboxylic acids is 1. The summed E-state index contributed by atoms with van der Waals surface area (Å²) in [4.78, 5) is 21.2. The summed E-state index contributed by atoms with van der Waals surface area (Å²) in [6, 6.07) is 10.7. The average Bonchev–Trinajstić information content (AvgIpc) is 2.71. The molecule has 0 aromatic heterocycles. The van der Waals surface area contributed by atoms with Crippen LogP contribution in [-0.2, 0) is 11.3 Å². The average molecular weight is 545 g/mol. The molecular formula is C23H41IN6O. The molecule has 3 N–H and O–H groups in total. The van der Waals surface area contributed by atoms with Crippen LogP contribution in [0.4, 0.5) is 0 Å². The molecule has 176 valence electrons. The van der Waals surface area contributed by atoms with E-state index in [0.29, 0.717) is 5.96 Å². The van der Waals surface area contributed by atoms with Gasteiger partial charge in [-0.3, -0.25) is 14.7 Å². The lowest BCUT2D eigenvalue weighted by atomic mass is 10.1. The number of carbonyl (C=O) groups is 1. The first-order chi connectivity index (χ1) is 14.4. The van der Waals surface area contributed by atoms with Crippen LogP contribution in [0, 0.1) is 0 Å². The van der Waals surface area contributed by atoms with Crippen molar-refractivity contribution in [1.29, 1.82) is 0 Å². The van der Waals surface area contributed by atoms with Gasteiger partial charge in [-0.25, -0.2) is 0 Å². The molecule has 1 aromatic carbocycles. The number of rotatable bonds is 9. The molecule has 0 bridgehead atoms. The van der Waals surface area contributed by atoms with E-state index in [4.69, 9.17) is 0 Å². The van der Waals surface area contributed by atoms with Crippen LogP contribution in [0.1, 0.15) is 39.2 Å². The summed E-state index contributed by atoms with van der Waals surface area (Å²) in [5.74, 6) is 0.644. The van der Waals surface area contributed by atoms with E-state index in [9.17, 15) is 4.79 Å². The molecule has 1 heterocycles. The quantitative estimate of drug-likeness (QED) is 0.193. The highest BCUT2D eigenvalue weighted by Gasteiger charge is 2.16. The molecule has 0 radical (unpaired) electrons. The Labute approximate surface area is 205 Å². The second-order valence-corrected chi connectivity index (χ2v) is 8.96. The Bertz CT molecular complexity index is 654. The maximum absolute atomic E-state index is 11.9. The summed E-state index contributed by atoms with van der Waals surface area (Å²) in [5.41, 5.74) is 1.18. The summed E-state index contributed by atoms with van der Waals surface area (Å²) >= 11 is 0. The fraction of sp³-hybridized carbons (Fsp3) is 0.652. The molecule has 1 fully saturated rings. The molecule has 1 aliphatic rings. The second kappa shape index (κ2) is 14.6. The zero-order valence-electron chi connectivity index (χ0n) is 19.6. The van der Waals surface area contributed by atoms with Crippen molar-refractivity contribution in [2.75, 3.05) is 52.9 Å². The summed E-state index contributed by atoms with van der Waals surface area (Å²) in [6.07, 6.45) is 2.24. The van der Waals surface area contributed by atoms with Gasteiger partial charge < -0.3 is 20.9 Å². The van der Waals surface area contributed by atoms with E-state index in [1.807, 2.05) is 20.8 Å².